The smallest absolute Gasteiger partial charge is 0.224 e. The molecule has 0 aliphatic heterocycles. The molecule has 74 valence electrons. The van der Waals surface area contributed by atoms with Crippen molar-refractivity contribution in [2.45, 2.75) is 32.2 Å². The van der Waals surface area contributed by atoms with E-state index in [9.17, 15) is 9.59 Å². The van der Waals surface area contributed by atoms with E-state index in [4.69, 9.17) is 0 Å². The molecule has 4 nitrogen and oxygen atoms in total. The maximum atomic E-state index is 11.3. The molecule has 4 heteroatoms. The summed E-state index contributed by atoms with van der Waals surface area (Å²) in [6.07, 6.45) is 2.81. The van der Waals surface area contributed by atoms with Crippen molar-refractivity contribution in [3.05, 3.63) is 0 Å². The van der Waals surface area contributed by atoms with Crippen LogP contribution in [-0.2, 0) is 9.59 Å². The first-order valence-electron chi connectivity index (χ1n) is 4.64. The summed E-state index contributed by atoms with van der Waals surface area (Å²) in [6, 6.07) is 0.0393. The summed E-state index contributed by atoms with van der Waals surface area (Å²) in [6.45, 7) is 1.49. The van der Waals surface area contributed by atoms with Crippen LogP contribution in [-0.4, -0.2) is 24.9 Å². The van der Waals surface area contributed by atoms with Crippen molar-refractivity contribution in [1.29, 1.82) is 0 Å². The van der Waals surface area contributed by atoms with Gasteiger partial charge in [-0.1, -0.05) is 6.42 Å². The molecule has 0 unspecified atom stereocenters. The van der Waals surface area contributed by atoms with Crippen LogP contribution in [0.5, 0.6) is 0 Å². The standard InChI is InChI=1S/C9H16N2O2/c1-6(12)11-8-5-3-4-7(8)9(13)10-2/h7-8H,3-5H2,1-2H3,(H,10,13)(H,11,12)/t7-,8-/m1/s1. The zero-order valence-corrected chi connectivity index (χ0v) is 8.09. The molecule has 0 aromatic heterocycles. The Balaban J connectivity index is 2.53. The van der Waals surface area contributed by atoms with E-state index in [2.05, 4.69) is 10.6 Å². The quantitative estimate of drug-likeness (QED) is 0.636. The Morgan fingerprint density at radius 3 is 2.54 bits per heavy atom. The summed E-state index contributed by atoms with van der Waals surface area (Å²) in [5.41, 5.74) is 0. The Labute approximate surface area is 78.1 Å². The van der Waals surface area contributed by atoms with Crippen LogP contribution in [0.2, 0.25) is 0 Å². The molecular weight excluding hydrogens is 168 g/mol. The normalized spacial score (nSPS) is 26.9. The van der Waals surface area contributed by atoms with Gasteiger partial charge < -0.3 is 10.6 Å². The molecule has 0 saturated heterocycles. The van der Waals surface area contributed by atoms with Gasteiger partial charge in [-0.2, -0.15) is 0 Å². The zero-order valence-electron chi connectivity index (χ0n) is 8.09. The van der Waals surface area contributed by atoms with Crippen LogP contribution in [0.4, 0.5) is 0 Å². The van der Waals surface area contributed by atoms with Gasteiger partial charge in [0.1, 0.15) is 0 Å². The SMILES string of the molecule is CNC(=O)[C@@H]1CCC[C@H]1NC(C)=O. The minimum atomic E-state index is -0.0548. The maximum Gasteiger partial charge on any atom is 0.224 e. The molecule has 0 radical (unpaired) electrons. The summed E-state index contributed by atoms with van der Waals surface area (Å²) in [5, 5.41) is 5.43. The molecule has 13 heavy (non-hydrogen) atoms. The third-order valence-corrected chi connectivity index (χ3v) is 2.49. The van der Waals surface area contributed by atoms with Gasteiger partial charge in [-0.05, 0) is 12.8 Å². The minimum absolute atomic E-state index is 0.0334. The van der Waals surface area contributed by atoms with Gasteiger partial charge in [0.05, 0.1) is 5.92 Å². The molecule has 1 rings (SSSR count). The second-order valence-electron chi connectivity index (χ2n) is 3.46. The summed E-state index contributed by atoms with van der Waals surface area (Å²) in [5.74, 6) is -0.0500. The third kappa shape index (κ3) is 2.44. The van der Waals surface area contributed by atoms with Crippen LogP contribution in [0.15, 0.2) is 0 Å². The summed E-state index contributed by atoms with van der Waals surface area (Å²) in [7, 11) is 1.63. The highest BCUT2D eigenvalue weighted by Gasteiger charge is 2.32. The van der Waals surface area contributed by atoms with E-state index in [1.807, 2.05) is 0 Å². The van der Waals surface area contributed by atoms with Gasteiger partial charge in [-0.25, -0.2) is 0 Å². The highest BCUT2D eigenvalue weighted by Crippen LogP contribution is 2.25. The molecule has 0 heterocycles. The third-order valence-electron chi connectivity index (χ3n) is 2.49. The van der Waals surface area contributed by atoms with Gasteiger partial charge in [0, 0.05) is 20.0 Å². The second kappa shape index (κ2) is 4.25. The lowest BCUT2D eigenvalue weighted by Gasteiger charge is -2.18. The van der Waals surface area contributed by atoms with Gasteiger partial charge in [0.15, 0.2) is 0 Å². The number of carbonyl (C=O) groups excluding carboxylic acids is 2. The average Bonchev–Trinajstić information content (AvgIpc) is 2.50. The van der Waals surface area contributed by atoms with E-state index in [-0.39, 0.29) is 23.8 Å². The van der Waals surface area contributed by atoms with E-state index >= 15 is 0 Å². The molecule has 1 fully saturated rings. The molecule has 1 aliphatic carbocycles. The topological polar surface area (TPSA) is 58.2 Å². The first-order valence-corrected chi connectivity index (χ1v) is 4.64. The van der Waals surface area contributed by atoms with Crippen molar-refractivity contribution in [3.8, 4) is 0 Å². The van der Waals surface area contributed by atoms with Gasteiger partial charge >= 0.3 is 0 Å². The van der Waals surface area contributed by atoms with E-state index < -0.39 is 0 Å². The summed E-state index contributed by atoms with van der Waals surface area (Å²) < 4.78 is 0. The van der Waals surface area contributed by atoms with E-state index in [1.54, 1.807) is 7.05 Å². The lowest BCUT2D eigenvalue weighted by Crippen LogP contribution is -2.42. The summed E-state index contributed by atoms with van der Waals surface area (Å²) >= 11 is 0. The Kier molecular flexibility index (Phi) is 3.28. The van der Waals surface area contributed by atoms with Gasteiger partial charge in [0.25, 0.3) is 0 Å². The maximum absolute atomic E-state index is 11.3. The van der Waals surface area contributed by atoms with Crippen LogP contribution in [0.25, 0.3) is 0 Å². The van der Waals surface area contributed by atoms with E-state index in [1.165, 1.54) is 6.92 Å². The monoisotopic (exact) mass is 184 g/mol. The van der Waals surface area contributed by atoms with Crippen LogP contribution >= 0.6 is 0 Å². The predicted molar refractivity (Wildman–Crippen MR) is 49.0 cm³/mol. The first-order chi connectivity index (χ1) is 6.15. The number of hydrogen-bond acceptors (Lipinski definition) is 2. The minimum Gasteiger partial charge on any atom is -0.359 e. The Morgan fingerprint density at radius 1 is 1.31 bits per heavy atom. The van der Waals surface area contributed by atoms with E-state index in [0.29, 0.717) is 0 Å². The molecule has 1 saturated carbocycles. The predicted octanol–water partition coefficient (Wildman–Crippen LogP) is 0.0372. The Morgan fingerprint density at radius 2 is 2.00 bits per heavy atom. The fourth-order valence-corrected chi connectivity index (χ4v) is 1.89. The number of rotatable bonds is 2. The fraction of sp³-hybridized carbons (Fsp3) is 0.778. The van der Waals surface area contributed by atoms with Crippen molar-refractivity contribution in [2.24, 2.45) is 5.92 Å². The van der Waals surface area contributed by atoms with Crippen molar-refractivity contribution >= 4 is 11.8 Å². The van der Waals surface area contributed by atoms with Gasteiger partial charge in [0.2, 0.25) is 11.8 Å². The number of carbonyl (C=O) groups is 2. The van der Waals surface area contributed by atoms with Crippen LogP contribution in [0.1, 0.15) is 26.2 Å². The molecular formula is C9H16N2O2. The van der Waals surface area contributed by atoms with Crippen LogP contribution in [0, 0.1) is 5.92 Å². The first kappa shape index (κ1) is 10.0. The van der Waals surface area contributed by atoms with Crippen LogP contribution in [0.3, 0.4) is 0 Å². The van der Waals surface area contributed by atoms with Gasteiger partial charge in [-0.15, -0.1) is 0 Å². The molecule has 2 atom stereocenters. The number of hydrogen-bond donors (Lipinski definition) is 2. The highest BCUT2D eigenvalue weighted by molar-refractivity contribution is 5.81. The highest BCUT2D eigenvalue weighted by atomic mass is 16.2. The van der Waals surface area contributed by atoms with Crippen molar-refractivity contribution in [2.75, 3.05) is 7.05 Å². The molecule has 1 aliphatic rings. The molecule has 0 spiro atoms. The number of amides is 2. The molecule has 0 aromatic rings. The van der Waals surface area contributed by atoms with Crippen LogP contribution < -0.4 is 10.6 Å². The van der Waals surface area contributed by atoms with Crippen molar-refractivity contribution < 1.29 is 9.59 Å². The largest absolute Gasteiger partial charge is 0.359 e. The molecule has 2 N–H and O–H groups in total. The van der Waals surface area contributed by atoms with Crippen molar-refractivity contribution in [1.82, 2.24) is 10.6 Å². The summed E-state index contributed by atoms with van der Waals surface area (Å²) in [4.78, 5) is 22.2. The Hall–Kier alpha value is -1.06. The Bertz CT molecular complexity index is 216. The lowest BCUT2D eigenvalue weighted by atomic mass is 10.0. The van der Waals surface area contributed by atoms with E-state index in [0.717, 1.165) is 19.3 Å². The average molecular weight is 184 g/mol. The molecule has 2 amide bonds. The zero-order chi connectivity index (χ0) is 9.84. The molecule has 0 bridgehead atoms. The number of nitrogens with one attached hydrogen (secondary N) is 2. The van der Waals surface area contributed by atoms with Crippen molar-refractivity contribution in [3.63, 3.8) is 0 Å². The molecule has 0 aromatic carbocycles. The second-order valence-corrected chi connectivity index (χ2v) is 3.46. The lowest BCUT2D eigenvalue weighted by molar-refractivity contribution is -0.125. The fourth-order valence-electron chi connectivity index (χ4n) is 1.89. The van der Waals surface area contributed by atoms with Gasteiger partial charge in [-0.3, -0.25) is 9.59 Å².